The molecule has 0 bridgehead atoms. The fourth-order valence-corrected chi connectivity index (χ4v) is 6.68. The van der Waals surface area contributed by atoms with Gasteiger partial charge in [0.2, 0.25) is 0 Å². The highest BCUT2D eigenvalue weighted by Gasteiger charge is 2.63. The molecule has 2 unspecified atom stereocenters. The van der Waals surface area contributed by atoms with E-state index in [4.69, 9.17) is 4.74 Å². The van der Waals surface area contributed by atoms with Crippen molar-refractivity contribution < 1.29 is 9.22 Å². The molecule has 2 aliphatic heterocycles. The second-order valence-electron chi connectivity index (χ2n) is 10.8. The molecule has 2 aromatic rings. The van der Waals surface area contributed by atoms with Gasteiger partial charge in [0.05, 0.1) is 27.2 Å². The average molecular weight is 407 g/mol. The number of likely N-dealkylation sites (tertiary alicyclic amines) is 1. The summed E-state index contributed by atoms with van der Waals surface area (Å²) in [7, 11) is 4.79. The summed E-state index contributed by atoms with van der Waals surface area (Å²) in [5, 5.41) is 0. The monoisotopic (exact) mass is 406 g/mol. The molecule has 1 spiro atoms. The second kappa shape index (κ2) is 7.50. The Balaban J connectivity index is 1.75. The molecule has 4 atom stereocenters. The third-order valence-corrected chi connectivity index (χ3v) is 8.25. The zero-order chi connectivity index (χ0) is 21.8. The van der Waals surface area contributed by atoms with Gasteiger partial charge in [0.25, 0.3) is 0 Å². The van der Waals surface area contributed by atoms with Crippen molar-refractivity contribution >= 4 is 0 Å². The lowest BCUT2D eigenvalue weighted by atomic mass is 9.76. The zero-order valence-electron chi connectivity index (χ0n) is 20.3. The van der Waals surface area contributed by atoms with Gasteiger partial charge in [-0.05, 0) is 80.0 Å². The van der Waals surface area contributed by atoms with Crippen LogP contribution in [0.2, 0.25) is 0 Å². The van der Waals surface area contributed by atoms with Crippen molar-refractivity contribution in [1.82, 2.24) is 0 Å². The largest absolute Gasteiger partial charge is 0.367 e. The Morgan fingerprint density at radius 3 is 2.37 bits per heavy atom. The molecule has 2 nitrogen and oxygen atoms in total. The molecule has 2 saturated heterocycles. The maximum atomic E-state index is 6.90. The minimum Gasteiger partial charge on any atom is -0.367 e. The molecular weight excluding hydrogens is 366 g/mol. The molecular formula is C28H40NO+. The van der Waals surface area contributed by atoms with Gasteiger partial charge in [-0.2, -0.15) is 0 Å². The third kappa shape index (κ3) is 3.33. The van der Waals surface area contributed by atoms with Gasteiger partial charge in [-0.3, -0.25) is 0 Å². The molecule has 0 saturated carbocycles. The maximum absolute atomic E-state index is 6.90. The Morgan fingerprint density at radius 1 is 0.967 bits per heavy atom. The Kier molecular flexibility index (Phi) is 5.39. The average Bonchev–Trinajstić information content (AvgIpc) is 3.17. The molecule has 0 N–H and O–H groups in total. The molecule has 4 rings (SSSR count). The van der Waals surface area contributed by atoms with Crippen LogP contribution in [0.25, 0.3) is 0 Å². The predicted octanol–water partition coefficient (Wildman–Crippen LogP) is 6.19. The number of hydrogen-bond donors (Lipinski definition) is 0. The summed E-state index contributed by atoms with van der Waals surface area (Å²) in [6.45, 7) is 15.7. The summed E-state index contributed by atoms with van der Waals surface area (Å²) in [5.74, 6) is 1.03. The quantitative estimate of drug-likeness (QED) is 0.552. The van der Waals surface area contributed by atoms with E-state index in [1.807, 2.05) is 0 Å². The molecule has 0 radical (unpaired) electrons. The minimum absolute atomic E-state index is 0.0838. The highest BCUT2D eigenvalue weighted by Crippen LogP contribution is 2.57. The van der Waals surface area contributed by atoms with Crippen LogP contribution in [0.3, 0.4) is 0 Å². The van der Waals surface area contributed by atoms with Crippen molar-refractivity contribution in [3.8, 4) is 0 Å². The van der Waals surface area contributed by atoms with Crippen molar-refractivity contribution in [1.29, 1.82) is 0 Å². The predicted molar refractivity (Wildman–Crippen MR) is 126 cm³/mol. The molecule has 2 heterocycles. The highest BCUT2D eigenvalue weighted by molar-refractivity contribution is 5.41. The standard InChI is InChI=1S/C28H40NO/c1-9-23-14-26(21(5)12-20(23)4)25-15-28(30-17-25)22(6)16-29(7,8)27(28)24-11-10-18(2)19(3)13-24/h10-14,22,25,27H,9,15-17H2,1-8H3/q+1/t22?,25?,27-,28-/m0/s1. The molecule has 30 heavy (non-hydrogen) atoms. The Hall–Kier alpha value is -1.64. The van der Waals surface area contributed by atoms with Crippen LogP contribution in [-0.4, -0.2) is 37.3 Å². The number of rotatable bonds is 3. The van der Waals surface area contributed by atoms with Gasteiger partial charge in [0, 0.05) is 17.4 Å². The van der Waals surface area contributed by atoms with E-state index in [-0.39, 0.29) is 5.60 Å². The van der Waals surface area contributed by atoms with Crippen LogP contribution >= 0.6 is 0 Å². The van der Waals surface area contributed by atoms with E-state index in [1.54, 1.807) is 0 Å². The molecule has 2 aromatic carbocycles. The molecule has 0 aliphatic carbocycles. The number of nitrogens with zero attached hydrogens (tertiary/aromatic N) is 1. The number of hydrogen-bond acceptors (Lipinski definition) is 1. The summed E-state index contributed by atoms with van der Waals surface area (Å²) >= 11 is 0. The summed E-state index contributed by atoms with van der Waals surface area (Å²) in [6.07, 6.45) is 2.23. The lowest BCUT2D eigenvalue weighted by Crippen LogP contribution is -2.46. The Morgan fingerprint density at radius 2 is 1.70 bits per heavy atom. The molecule has 2 fully saturated rings. The van der Waals surface area contributed by atoms with Gasteiger partial charge in [-0.25, -0.2) is 0 Å². The number of ether oxygens (including phenoxy) is 1. The molecule has 2 aliphatic rings. The van der Waals surface area contributed by atoms with Crippen molar-refractivity contribution in [2.45, 2.75) is 71.9 Å². The van der Waals surface area contributed by atoms with Crippen LogP contribution in [0, 0.1) is 33.6 Å². The van der Waals surface area contributed by atoms with Crippen LogP contribution in [0.1, 0.15) is 71.2 Å². The SMILES string of the molecule is CCc1cc(C2CO[C@@]3(C2)C(C)C[N+](C)(C)[C@H]3c2ccc(C)c(C)c2)c(C)cc1C. The maximum Gasteiger partial charge on any atom is 0.144 e. The van der Waals surface area contributed by atoms with Gasteiger partial charge in [-0.15, -0.1) is 0 Å². The van der Waals surface area contributed by atoms with Crippen LogP contribution in [0.15, 0.2) is 30.3 Å². The van der Waals surface area contributed by atoms with Crippen LogP contribution in [0.4, 0.5) is 0 Å². The second-order valence-corrected chi connectivity index (χ2v) is 10.8. The normalized spacial score (nSPS) is 30.3. The van der Waals surface area contributed by atoms with Crippen molar-refractivity contribution in [3.05, 3.63) is 69.3 Å². The Bertz CT molecular complexity index is 959. The molecule has 0 amide bonds. The van der Waals surface area contributed by atoms with E-state index in [2.05, 4.69) is 86.0 Å². The Labute approximate surface area is 183 Å². The summed E-state index contributed by atoms with van der Waals surface area (Å²) in [4.78, 5) is 0. The van der Waals surface area contributed by atoms with Crippen LogP contribution in [-0.2, 0) is 11.2 Å². The van der Waals surface area contributed by atoms with Gasteiger partial charge < -0.3 is 9.22 Å². The van der Waals surface area contributed by atoms with Crippen molar-refractivity contribution in [2.24, 2.45) is 5.92 Å². The lowest BCUT2D eigenvalue weighted by molar-refractivity contribution is -0.912. The van der Waals surface area contributed by atoms with Crippen LogP contribution < -0.4 is 0 Å². The topological polar surface area (TPSA) is 9.23 Å². The van der Waals surface area contributed by atoms with E-state index in [0.29, 0.717) is 17.9 Å². The first-order chi connectivity index (χ1) is 14.1. The van der Waals surface area contributed by atoms with Crippen molar-refractivity contribution in [3.63, 3.8) is 0 Å². The number of likely N-dealkylation sites (N-methyl/N-ethyl adjacent to an activating group) is 1. The first-order valence-corrected chi connectivity index (χ1v) is 11.7. The van der Waals surface area contributed by atoms with Gasteiger partial charge in [-0.1, -0.05) is 38.1 Å². The third-order valence-electron chi connectivity index (χ3n) is 8.25. The first-order valence-electron chi connectivity index (χ1n) is 11.7. The fourth-order valence-electron chi connectivity index (χ4n) is 6.68. The lowest BCUT2D eigenvalue weighted by Gasteiger charge is -2.39. The van der Waals surface area contributed by atoms with E-state index < -0.39 is 0 Å². The van der Waals surface area contributed by atoms with Gasteiger partial charge in [0.1, 0.15) is 11.6 Å². The molecule has 0 aromatic heterocycles. The van der Waals surface area contributed by atoms with Gasteiger partial charge in [0.15, 0.2) is 0 Å². The summed E-state index contributed by atoms with van der Waals surface area (Å²) < 4.78 is 7.90. The number of aryl methyl sites for hydroxylation is 5. The molecule has 162 valence electrons. The molecule has 2 heteroatoms. The summed E-state index contributed by atoms with van der Waals surface area (Å²) in [6, 6.07) is 12.3. The number of benzene rings is 2. The fraction of sp³-hybridized carbons (Fsp3) is 0.571. The summed E-state index contributed by atoms with van der Waals surface area (Å²) in [5.41, 5.74) is 9.97. The van der Waals surface area contributed by atoms with Crippen LogP contribution in [0.5, 0.6) is 0 Å². The van der Waals surface area contributed by atoms with E-state index in [1.165, 1.54) is 38.9 Å². The van der Waals surface area contributed by atoms with E-state index in [0.717, 1.165) is 30.5 Å². The first kappa shape index (κ1) is 21.6. The number of quaternary nitrogens is 1. The van der Waals surface area contributed by atoms with Crippen molar-refractivity contribution in [2.75, 3.05) is 27.2 Å². The van der Waals surface area contributed by atoms with E-state index >= 15 is 0 Å². The minimum atomic E-state index is -0.0838. The zero-order valence-corrected chi connectivity index (χ0v) is 20.3. The van der Waals surface area contributed by atoms with E-state index in [9.17, 15) is 0 Å². The van der Waals surface area contributed by atoms with Gasteiger partial charge >= 0.3 is 0 Å². The highest BCUT2D eigenvalue weighted by atomic mass is 16.5. The smallest absolute Gasteiger partial charge is 0.144 e.